The van der Waals surface area contributed by atoms with E-state index in [9.17, 15) is 10.1 Å². The highest BCUT2D eigenvalue weighted by molar-refractivity contribution is 6.05. The average molecular weight is 442 g/mol. The summed E-state index contributed by atoms with van der Waals surface area (Å²) in [6, 6.07) is 7.54. The van der Waals surface area contributed by atoms with Crippen LogP contribution in [0.1, 0.15) is 41.3 Å². The fourth-order valence-electron chi connectivity index (χ4n) is 3.76. The van der Waals surface area contributed by atoms with E-state index in [1.807, 2.05) is 12.1 Å². The SMILES string of the molecule is COc1nn(-c2nccnc2C#N)cc1C(=O)Nc1cccc(-c2nnc3n2[C@@H](C)CC3)n1. The van der Waals surface area contributed by atoms with Gasteiger partial charge in [0.2, 0.25) is 5.88 Å². The van der Waals surface area contributed by atoms with Crippen LogP contribution in [0.4, 0.5) is 5.82 Å². The Hall–Kier alpha value is -4.66. The standard InChI is InChI=1S/C21H18N10O2/c1-12-6-7-17-27-28-19(31(12)17)14-4-3-5-16(25-14)26-20(32)13-11-30(29-21(13)33-2)18-15(10-22)23-8-9-24-18/h3-5,8-9,11-12H,6-7H2,1-2H3,(H,25,26,32)/t12-/m0/s1. The van der Waals surface area contributed by atoms with Crippen molar-refractivity contribution in [3.63, 3.8) is 0 Å². The maximum absolute atomic E-state index is 13.0. The minimum Gasteiger partial charge on any atom is -0.479 e. The van der Waals surface area contributed by atoms with Crippen LogP contribution in [0.3, 0.4) is 0 Å². The van der Waals surface area contributed by atoms with E-state index in [1.54, 1.807) is 12.1 Å². The molecule has 0 unspecified atom stereocenters. The van der Waals surface area contributed by atoms with Gasteiger partial charge in [-0.2, -0.15) is 5.26 Å². The van der Waals surface area contributed by atoms with Crippen LogP contribution in [0.25, 0.3) is 17.3 Å². The summed E-state index contributed by atoms with van der Waals surface area (Å²) in [6.07, 6.45) is 6.16. The lowest BCUT2D eigenvalue weighted by Crippen LogP contribution is -2.14. The minimum absolute atomic E-state index is 0.0686. The number of pyridine rings is 1. The van der Waals surface area contributed by atoms with Crippen molar-refractivity contribution in [1.29, 1.82) is 5.26 Å². The summed E-state index contributed by atoms with van der Waals surface area (Å²) in [6.45, 7) is 2.12. The van der Waals surface area contributed by atoms with Crippen LogP contribution in [0.5, 0.6) is 5.88 Å². The molecule has 1 atom stereocenters. The predicted molar refractivity (Wildman–Crippen MR) is 115 cm³/mol. The number of amides is 1. The second-order valence-corrected chi connectivity index (χ2v) is 7.40. The predicted octanol–water partition coefficient (Wildman–Crippen LogP) is 1.96. The molecule has 0 aliphatic carbocycles. The van der Waals surface area contributed by atoms with Crippen LogP contribution in [0.2, 0.25) is 0 Å². The summed E-state index contributed by atoms with van der Waals surface area (Å²) in [5.41, 5.74) is 0.830. The number of fused-ring (bicyclic) bond motifs is 1. The van der Waals surface area contributed by atoms with Crippen molar-refractivity contribution < 1.29 is 9.53 Å². The number of aromatic nitrogens is 8. The number of ether oxygens (including phenoxy) is 1. The summed E-state index contributed by atoms with van der Waals surface area (Å²) >= 11 is 0. The van der Waals surface area contributed by atoms with Gasteiger partial charge >= 0.3 is 0 Å². The molecule has 1 aliphatic rings. The van der Waals surface area contributed by atoms with Crippen LogP contribution < -0.4 is 10.1 Å². The molecule has 1 aliphatic heterocycles. The lowest BCUT2D eigenvalue weighted by atomic mass is 10.2. The van der Waals surface area contributed by atoms with Gasteiger partial charge in [-0.25, -0.2) is 19.6 Å². The van der Waals surface area contributed by atoms with E-state index in [0.717, 1.165) is 18.7 Å². The van der Waals surface area contributed by atoms with Crippen molar-refractivity contribution in [2.75, 3.05) is 12.4 Å². The first-order chi connectivity index (χ1) is 16.1. The number of aryl methyl sites for hydroxylation is 1. The average Bonchev–Trinajstić information content (AvgIpc) is 3.55. The zero-order chi connectivity index (χ0) is 22.9. The van der Waals surface area contributed by atoms with Crippen LogP contribution in [-0.4, -0.2) is 52.5 Å². The Morgan fingerprint density at radius 1 is 1.27 bits per heavy atom. The summed E-state index contributed by atoms with van der Waals surface area (Å²) in [5, 5.41) is 24.8. The Kier molecular flexibility index (Phi) is 4.98. The van der Waals surface area contributed by atoms with Gasteiger partial charge in [-0.1, -0.05) is 6.07 Å². The van der Waals surface area contributed by atoms with Gasteiger partial charge < -0.3 is 14.6 Å². The molecule has 1 amide bonds. The highest BCUT2D eigenvalue weighted by Gasteiger charge is 2.25. The zero-order valence-corrected chi connectivity index (χ0v) is 17.8. The number of hydrogen-bond acceptors (Lipinski definition) is 9. The number of carbonyl (C=O) groups is 1. The van der Waals surface area contributed by atoms with Gasteiger partial charge in [-0.05, 0) is 25.5 Å². The Labute approximate surface area is 187 Å². The number of rotatable bonds is 5. The molecule has 33 heavy (non-hydrogen) atoms. The van der Waals surface area contributed by atoms with E-state index in [4.69, 9.17) is 4.74 Å². The first-order valence-corrected chi connectivity index (χ1v) is 10.2. The van der Waals surface area contributed by atoms with Gasteiger partial charge in [-0.3, -0.25) is 4.79 Å². The van der Waals surface area contributed by atoms with Crippen molar-refractivity contribution >= 4 is 11.7 Å². The Morgan fingerprint density at radius 3 is 2.94 bits per heavy atom. The first-order valence-electron chi connectivity index (χ1n) is 10.2. The topological polar surface area (TPSA) is 149 Å². The van der Waals surface area contributed by atoms with Gasteiger partial charge in [0.05, 0.1) is 7.11 Å². The van der Waals surface area contributed by atoms with Crippen molar-refractivity contribution in [2.45, 2.75) is 25.8 Å². The van der Waals surface area contributed by atoms with E-state index >= 15 is 0 Å². The van der Waals surface area contributed by atoms with E-state index in [0.29, 0.717) is 23.4 Å². The fraction of sp³-hybridized carbons (Fsp3) is 0.238. The summed E-state index contributed by atoms with van der Waals surface area (Å²) in [7, 11) is 1.40. The summed E-state index contributed by atoms with van der Waals surface area (Å²) < 4.78 is 8.62. The van der Waals surface area contributed by atoms with E-state index in [1.165, 1.54) is 30.4 Å². The molecule has 5 rings (SSSR count). The number of hydrogen-bond donors (Lipinski definition) is 1. The third-order valence-corrected chi connectivity index (χ3v) is 5.33. The minimum atomic E-state index is -0.481. The van der Waals surface area contributed by atoms with Crippen LogP contribution in [0.15, 0.2) is 36.8 Å². The van der Waals surface area contributed by atoms with E-state index < -0.39 is 5.91 Å². The number of anilines is 1. The lowest BCUT2D eigenvalue weighted by molar-refractivity contribution is 0.102. The molecule has 0 spiro atoms. The van der Waals surface area contributed by atoms with Gasteiger partial charge in [0.1, 0.15) is 29.0 Å². The number of nitrogens with one attached hydrogen (secondary N) is 1. The van der Waals surface area contributed by atoms with E-state index in [-0.39, 0.29) is 23.0 Å². The molecule has 0 aromatic carbocycles. The van der Waals surface area contributed by atoms with Crippen LogP contribution >= 0.6 is 0 Å². The van der Waals surface area contributed by atoms with Crippen molar-refractivity contribution in [3.05, 3.63) is 53.9 Å². The molecule has 12 nitrogen and oxygen atoms in total. The number of nitrogens with zero attached hydrogens (tertiary/aromatic N) is 9. The number of methoxy groups -OCH3 is 1. The van der Waals surface area contributed by atoms with Gasteiger partial charge in [0.15, 0.2) is 17.3 Å². The van der Waals surface area contributed by atoms with Gasteiger partial charge in [-0.15, -0.1) is 15.3 Å². The van der Waals surface area contributed by atoms with Gasteiger partial charge in [0.25, 0.3) is 5.91 Å². The smallest absolute Gasteiger partial charge is 0.263 e. The molecule has 164 valence electrons. The second kappa shape index (κ2) is 8.12. The van der Waals surface area contributed by atoms with Gasteiger partial charge in [0, 0.05) is 31.1 Å². The highest BCUT2D eigenvalue weighted by Crippen LogP contribution is 2.30. The molecule has 1 N–H and O–H groups in total. The quantitative estimate of drug-likeness (QED) is 0.489. The van der Waals surface area contributed by atoms with Crippen LogP contribution in [0, 0.1) is 11.3 Å². The number of carbonyl (C=O) groups excluding carboxylic acids is 1. The third-order valence-electron chi connectivity index (χ3n) is 5.33. The Bertz CT molecular complexity index is 1400. The molecular weight excluding hydrogens is 424 g/mol. The van der Waals surface area contributed by atoms with Crippen molar-refractivity contribution in [1.82, 2.24) is 39.5 Å². The molecule has 0 saturated heterocycles. The fourth-order valence-corrected chi connectivity index (χ4v) is 3.76. The molecule has 0 saturated carbocycles. The molecule has 0 fully saturated rings. The Morgan fingerprint density at radius 2 is 2.12 bits per heavy atom. The highest BCUT2D eigenvalue weighted by atomic mass is 16.5. The molecule has 0 bridgehead atoms. The maximum Gasteiger partial charge on any atom is 0.263 e. The number of nitriles is 1. The zero-order valence-electron chi connectivity index (χ0n) is 17.8. The maximum atomic E-state index is 13.0. The first kappa shape index (κ1) is 20.3. The molecule has 4 aromatic rings. The third kappa shape index (κ3) is 3.55. The lowest BCUT2D eigenvalue weighted by Gasteiger charge is -2.10. The van der Waals surface area contributed by atoms with Crippen molar-refractivity contribution in [3.8, 4) is 29.3 Å². The monoisotopic (exact) mass is 442 g/mol. The second-order valence-electron chi connectivity index (χ2n) is 7.40. The van der Waals surface area contributed by atoms with E-state index in [2.05, 4.69) is 47.1 Å². The van der Waals surface area contributed by atoms with Crippen molar-refractivity contribution in [2.24, 2.45) is 0 Å². The normalized spacial score (nSPS) is 14.5. The van der Waals surface area contributed by atoms with Crippen LogP contribution in [-0.2, 0) is 6.42 Å². The largest absolute Gasteiger partial charge is 0.479 e. The molecule has 5 heterocycles. The molecular formula is C21H18N10O2. The summed E-state index contributed by atoms with van der Waals surface area (Å²) in [5.74, 6) is 1.72. The Balaban J connectivity index is 1.44. The molecule has 12 heteroatoms. The summed E-state index contributed by atoms with van der Waals surface area (Å²) in [4.78, 5) is 25.7. The molecule has 4 aromatic heterocycles. The molecule has 0 radical (unpaired) electrons.